The van der Waals surface area contributed by atoms with E-state index in [-0.39, 0.29) is 12.5 Å². The molecule has 0 unspecified atom stereocenters. The number of fused-ring (bicyclic) bond motifs is 2. The van der Waals surface area contributed by atoms with Gasteiger partial charge in [0.15, 0.2) is 18.1 Å². The molecule has 0 aliphatic carbocycles. The van der Waals surface area contributed by atoms with Crippen molar-refractivity contribution in [1.82, 2.24) is 9.97 Å². The second-order valence-electron chi connectivity index (χ2n) is 7.51. The van der Waals surface area contributed by atoms with Gasteiger partial charge in [-0.05, 0) is 36.2 Å². The fourth-order valence-corrected chi connectivity index (χ4v) is 3.59. The van der Waals surface area contributed by atoms with E-state index in [1.165, 1.54) is 5.56 Å². The Morgan fingerprint density at radius 2 is 1.84 bits per heavy atom. The van der Waals surface area contributed by atoms with Crippen LogP contribution in [0, 0.1) is 0 Å². The highest BCUT2D eigenvalue weighted by Crippen LogP contribution is 2.35. The molecule has 2 N–H and O–H groups in total. The number of nitrogens with one attached hydrogen (secondary N) is 2. The SMILES string of the molecule is CCc1ccc(OCC(=O)Nc2cccc(-c3nc4cc5c(cc4[nH]3)OCCO5)c2)cc1. The predicted molar refractivity (Wildman–Crippen MR) is 122 cm³/mol. The average molecular weight is 429 g/mol. The summed E-state index contributed by atoms with van der Waals surface area (Å²) in [5, 5.41) is 2.88. The van der Waals surface area contributed by atoms with Crippen LogP contribution in [0.4, 0.5) is 5.69 Å². The van der Waals surface area contributed by atoms with Gasteiger partial charge in [0, 0.05) is 23.4 Å². The summed E-state index contributed by atoms with van der Waals surface area (Å²) >= 11 is 0. The molecule has 1 aliphatic rings. The van der Waals surface area contributed by atoms with Gasteiger partial charge in [0.1, 0.15) is 24.8 Å². The third kappa shape index (κ3) is 4.23. The Labute approximate surface area is 185 Å². The highest BCUT2D eigenvalue weighted by atomic mass is 16.6. The molecular weight excluding hydrogens is 406 g/mol. The largest absolute Gasteiger partial charge is 0.486 e. The summed E-state index contributed by atoms with van der Waals surface area (Å²) < 4.78 is 16.9. The highest BCUT2D eigenvalue weighted by molar-refractivity contribution is 5.92. The molecule has 4 aromatic rings. The first-order valence-electron chi connectivity index (χ1n) is 10.6. The molecule has 0 spiro atoms. The Morgan fingerprint density at radius 1 is 1.06 bits per heavy atom. The van der Waals surface area contributed by atoms with Gasteiger partial charge in [0.05, 0.1) is 11.0 Å². The van der Waals surface area contributed by atoms with Crippen molar-refractivity contribution in [2.24, 2.45) is 0 Å². The standard InChI is InChI=1S/C25H23N3O4/c1-2-16-6-8-19(9-7-16)32-15-24(29)26-18-5-3-4-17(12-18)25-27-20-13-22-23(14-21(20)28-25)31-11-10-30-22/h3-9,12-14H,2,10-11,15H2,1H3,(H,26,29)(H,27,28). The molecular formula is C25H23N3O4. The summed E-state index contributed by atoms with van der Waals surface area (Å²) in [4.78, 5) is 20.3. The van der Waals surface area contributed by atoms with Crippen molar-refractivity contribution in [3.8, 4) is 28.6 Å². The number of hydrogen-bond acceptors (Lipinski definition) is 5. The summed E-state index contributed by atoms with van der Waals surface area (Å²) in [6.45, 7) is 3.10. The molecule has 0 saturated carbocycles. The fourth-order valence-electron chi connectivity index (χ4n) is 3.59. The lowest BCUT2D eigenvalue weighted by atomic mass is 10.2. The van der Waals surface area contributed by atoms with Crippen LogP contribution in [-0.4, -0.2) is 35.7 Å². The maximum Gasteiger partial charge on any atom is 0.262 e. The molecule has 1 aromatic heterocycles. The van der Waals surface area contributed by atoms with Gasteiger partial charge >= 0.3 is 0 Å². The number of H-pyrrole nitrogens is 1. The summed E-state index contributed by atoms with van der Waals surface area (Å²) in [6, 6.07) is 19.0. The molecule has 1 aliphatic heterocycles. The average Bonchev–Trinajstić information content (AvgIpc) is 3.24. The maximum atomic E-state index is 12.4. The van der Waals surface area contributed by atoms with E-state index in [1.54, 1.807) is 0 Å². The second-order valence-corrected chi connectivity index (χ2v) is 7.51. The minimum Gasteiger partial charge on any atom is -0.486 e. The zero-order valence-electron chi connectivity index (χ0n) is 17.7. The number of anilines is 1. The summed E-state index contributed by atoms with van der Waals surface area (Å²) in [6.07, 6.45) is 0.965. The number of benzene rings is 3. The Bertz CT molecular complexity index is 1220. The van der Waals surface area contributed by atoms with Crippen LogP contribution in [-0.2, 0) is 11.2 Å². The third-order valence-electron chi connectivity index (χ3n) is 5.27. The van der Waals surface area contributed by atoms with E-state index in [0.717, 1.165) is 23.0 Å². The fraction of sp³-hybridized carbons (Fsp3) is 0.200. The van der Waals surface area contributed by atoms with Gasteiger partial charge in [-0.1, -0.05) is 31.2 Å². The number of imidazole rings is 1. The molecule has 162 valence electrons. The van der Waals surface area contributed by atoms with Crippen LogP contribution < -0.4 is 19.5 Å². The Hall–Kier alpha value is -4.00. The van der Waals surface area contributed by atoms with E-state index < -0.39 is 0 Å². The van der Waals surface area contributed by atoms with Crippen LogP contribution in [0.25, 0.3) is 22.4 Å². The Kier molecular flexibility index (Phi) is 5.37. The summed E-state index contributed by atoms with van der Waals surface area (Å²) in [5.41, 5.74) is 4.41. The molecule has 0 saturated heterocycles. The Balaban J connectivity index is 1.28. The van der Waals surface area contributed by atoms with Crippen LogP contribution in [0.2, 0.25) is 0 Å². The van der Waals surface area contributed by atoms with E-state index in [9.17, 15) is 4.79 Å². The summed E-state index contributed by atoms with van der Waals surface area (Å²) in [7, 11) is 0. The first kappa shape index (κ1) is 19.9. The molecule has 32 heavy (non-hydrogen) atoms. The van der Waals surface area contributed by atoms with Gasteiger partial charge in [-0.25, -0.2) is 4.98 Å². The lowest BCUT2D eigenvalue weighted by molar-refractivity contribution is -0.118. The minimum absolute atomic E-state index is 0.0636. The highest BCUT2D eigenvalue weighted by Gasteiger charge is 2.15. The van der Waals surface area contributed by atoms with Gasteiger partial charge < -0.3 is 24.5 Å². The molecule has 0 fully saturated rings. The van der Waals surface area contributed by atoms with Gasteiger partial charge in [0.2, 0.25) is 0 Å². The number of aryl methyl sites for hydroxylation is 1. The molecule has 2 heterocycles. The van der Waals surface area contributed by atoms with Crippen molar-refractivity contribution in [2.75, 3.05) is 25.1 Å². The van der Waals surface area contributed by atoms with Crippen LogP contribution in [0.15, 0.2) is 60.7 Å². The molecule has 7 heteroatoms. The topological polar surface area (TPSA) is 85.5 Å². The zero-order chi connectivity index (χ0) is 21.9. The number of rotatable bonds is 6. The number of aromatic amines is 1. The first-order valence-corrected chi connectivity index (χ1v) is 10.6. The maximum absolute atomic E-state index is 12.4. The molecule has 0 atom stereocenters. The van der Waals surface area contributed by atoms with Crippen LogP contribution in [0.5, 0.6) is 17.2 Å². The number of ether oxygens (including phenoxy) is 3. The number of nitrogens with zero attached hydrogens (tertiary/aromatic N) is 1. The van der Waals surface area contributed by atoms with Crippen molar-refractivity contribution >= 4 is 22.6 Å². The van der Waals surface area contributed by atoms with Crippen molar-refractivity contribution in [1.29, 1.82) is 0 Å². The predicted octanol–water partition coefficient (Wildman–Crippen LogP) is 4.58. The number of hydrogen-bond donors (Lipinski definition) is 2. The van der Waals surface area contributed by atoms with E-state index >= 15 is 0 Å². The zero-order valence-corrected chi connectivity index (χ0v) is 17.7. The van der Waals surface area contributed by atoms with Gasteiger partial charge in [-0.2, -0.15) is 0 Å². The lowest BCUT2D eigenvalue weighted by Gasteiger charge is -2.17. The quantitative estimate of drug-likeness (QED) is 0.469. The number of carbonyl (C=O) groups is 1. The van der Waals surface area contributed by atoms with Crippen molar-refractivity contribution < 1.29 is 19.0 Å². The molecule has 0 radical (unpaired) electrons. The van der Waals surface area contributed by atoms with Gasteiger partial charge in [0.25, 0.3) is 5.91 Å². The Morgan fingerprint density at radius 3 is 2.62 bits per heavy atom. The molecule has 0 bridgehead atoms. The monoisotopic (exact) mass is 429 g/mol. The number of aromatic nitrogens is 2. The molecule has 5 rings (SSSR count). The van der Waals surface area contributed by atoms with Crippen molar-refractivity contribution in [3.63, 3.8) is 0 Å². The number of carbonyl (C=O) groups excluding carboxylic acids is 1. The number of amides is 1. The second kappa shape index (κ2) is 8.63. The van der Waals surface area contributed by atoms with Crippen LogP contribution in [0.1, 0.15) is 12.5 Å². The molecule has 1 amide bonds. The van der Waals surface area contributed by atoms with E-state index in [4.69, 9.17) is 14.2 Å². The van der Waals surface area contributed by atoms with E-state index in [1.807, 2.05) is 60.7 Å². The van der Waals surface area contributed by atoms with Crippen molar-refractivity contribution in [3.05, 3.63) is 66.2 Å². The van der Waals surface area contributed by atoms with Crippen molar-refractivity contribution in [2.45, 2.75) is 13.3 Å². The van der Waals surface area contributed by atoms with Crippen LogP contribution in [0.3, 0.4) is 0 Å². The minimum atomic E-state index is -0.228. The lowest BCUT2D eigenvalue weighted by Crippen LogP contribution is -2.20. The third-order valence-corrected chi connectivity index (χ3v) is 5.27. The smallest absolute Gasteiger partial charge is 0.262 e. The molecule has 3 aromatic carbocycles. The van der Waals surface area contributed by atoms with Crippen LogP contribution >= 0.6 is 0 Å². The normalized spacial score (nSPS) is 12.5. The first-order chi connectivity index (χ1) is 15.7. The molecule has 7 nitrogen and oxygen atoms in total. The van der Waals surface area contributed by atoms with Gasteiger partial charge in [-0.15, -0.1) is 0 Å². The van der Waals surface area contributed by atoms with E-state index in [2.05, 4.69) is 22.2 Å². The summed E-state index contributed by atoms with van der Waals surface area (Å²) in [5.74, 6) is 2.56. The van der Waals surface area contributed by atoms with E-state index in [0.29, 0.717) is 42.0 Å². The van der Waals surface area contributed by atoms with Gasteiger partial charge in [-0.3, -0.25) is 4.79 Å².